The van der Waals surface area contributed by atoms with Crippen molar-refractivity contribution in [3.05, 3.63) is 18.5 Å². The molecule has 3 rings (SSSR count). The molecule has 2 aliphatic rings. The van der Waals surface area contributed by atoms with Crippen LogP contribution in [0.2, 0.25) is 0 Å². The van der Waals surface area contributed by atoms with Crippen molar-refractivity contribution in [2.45, 2.75) is 31.5 Å². The Morgan fingerprint density at radius 3 is 2.68 bits per heavy atom. The number of hydrogen-bond acceptors (Lipinski definition) is 7. The molecule has 3 heterocycles. The van der Waals surface area contributed by atoms with Crippen LogP contribution in [0.25, 0.3) is 0 Å². The number of ether oxygens (including phenoxy) is 1. The zero-order chi connectivity index (χ0) is 17.5. The predicted octanol–water partition coefficient (Wildman–Crippen LogP) is -0.389. The SMILES string of the molecule is NC[C@H]1CC[C@@H](C(=O)NCCCN2CCN(c3ncccn3)CC2)O1. The number of anilines is 1. The van der Waals surface area contributed by atoms with Crippen molar-refractivity contribution in [3.63, 3.8) is 0 Å². The standard InChI is InChI=1S/C17H28N6O2/c18-13-14-3-4-15(25-14)16(24)19-7-2-8-22-9-11-23(12-10-22)17-20-5-1-6-21-17/h1,5-6,14-15H,2-4,7-13,18H2,(H,19,24)/t14-,15+/m1/s1. The molecule has 2 atom stereocenters. The Morgan fingerprint density at radius 1 is 1.24 bits per heavy atom. The third-order valence-electron chi connectivity index (χ3n) is 4.82. The molecule has 0 saturated carbocycles. The van der Waals surface area contributed by atoms with Gasteiger partial charge < -0.3 is 20.7 Å². The molecule has 25 heavy (non-hydrogen) atoms. The Labute approximate surface area is 148 Å². The topological polar surface area (TPSA) is 96.6 Å². The summed E-state index contributed by atoms with van der Waals surface area (Å²) < 4.78 is 5.61. The first-order valence-electron chi connectivity index (χ1n) is 9.14. The van der Waals surface area contributed by atoms with E-state index in [1.165, 1.54) is 0 Å². The van der Waals surface area contributed by atoms with Crippen molar-refractivity contribution in [1.82, 2.24) is 20.2 Å². The molecule has 0 aromatic carbocycles. The fraction of sp³-hybridized carbons (Fsp3) is 0.706. The summed E-state index contributed by atoms with van der Waals surface area (Å²) in [6, 6.07) is 1.83. The first-order chi connectivity index (χ1) is 12.3. The van der Waals surface area contributed by atoms with Gasteiger partial charge in [0.2, 0.25) is 11.9 Å². The number of hydrogen-bond donors (Lipinski definition) is 2. The lowest BCUT2D eigenvalue weighted by molar-refractivity contribution is -0.131. The summed E-state index contributed by atoms with van der Waals surface area (Å²) >= 11 is 0. The molecule has 0 unspecified atom stereocenters. The van der Waals surface area contributed by atoms with Crippen LogP contribution < -0.4 is 16.0 Å². The van der Waals surface area contributed by atoms with Crippen molar-refractivity contribution in [2.24, 2.45) is 5.73 Å². The Morgan fingerprint density at radius 2 is 2.00 bits per heavy atom. The lowest BCUT2D eigenvalue weighted by atomic mass is 10.2. The van der Waals surface area contributed by atoms with Crippen LogP contribution in [0.3, 0.4) is 0 Å². The van der Waals surface area contributed by atoms with Gasteiger partial charge in [-0.2, -0.15) is 0 Å². The number of rotatable bonds is 7. The second-order valence-corrected chi connectivity index (χ2v) is 6.58. The van der Waals surface area contributed by atoms with Gasteiger partial charge in [-0.3, -0.25) is 9.69 Å². The largest absolute Gasteiger partial charge is 0.364 e. The number of piperazine rings is 1. The molecule has 2 aliphatic heterocycles. The van der Waals surface area contributed by atoms with Gasteiger partial charge in [0, 0.05) is 51.7 Å². The highest BCUT2D eigenvalue weighted by Crippen LogP contribution is 2.18. The Hall–Kier alpha value is -1.77. The van der Waals surface area contributed by atoms with E-state index in [9.17, 15) is 4.79 Å². The highest BCUT2D eigenvalue weighted by atomic mass is 16.5. The van der Waals surface area contributed by atoms with Crippen molar-refractivity contribution >= 4 is 11.9 Å². The van der Waals surface area contributed by atoms with E-state index >= 15 is 0 Å². The van der Waals surface area contributed by atoms with Crippen molar-refractivity contribution in [3.8, 4) is 0 Å². The predicted molar refractivity (Wildman–Crippen MR) is 95.3 cm³/mol. The quantitative estimate of drug-likeness (QED) is 0.648. The maximum Gasteiger partial charge on any atom is 0.249 e. The number of amides is 1. The Bertz CT molecular complexity index is 535. The van der Waals surface area contributed by atoms with E-state index in [1.807, 2.05) is 6.07 Å². The highest BCUT2D eigenvalue weighted by molar-refractivity contribution is 5.80. The summed E-state index contributed by atoms with van der Waals surface area (Å²) in [4.78, 5) is 25.3. The van der Waals surface area contributed by atoms with Crippen molar-refractivity contribution in [1.29, 1.82) is 0 Å². The van der Waals surface area contributed by atoms with Gasteiger partial charge >= 0.3 is 0 Å². The van der Waals surface area contributed by atoms with Crippen LogP contribution in [0.15, 0.2) is 18.5 Å². The zero-order valence-corrected chi connectivity index (χ0v) is 14.6. The molecule has 0 bridgehead atoms. The van der Waals surface area contributed by atoms with E-state index < -0.39 is 0 Å². The van der Waals surface area contributed by atoms with E-state index in [0.29, 0.717) is 13.1 Å². The molecule has 1 aromatic heterocycles. The van der Waals surface area contributed by atoms with Crippen LogP contribution >= 0.6 is 0 Å². The van der Waals surface area contributed by atoms with Crippen molar-refractivity contribution in [2.75, 3.05) is 50.7 Å². The lowest BCUT2D eigenvalue weighted by Gasteiger charge is -2.34. The van der Waals surface area contributed by atoms with E-state index in [0.717, 1.165) is 57.9 Å². The maximum atomic E-state index is 12.0. The van der Waals surface area contributed by atoms with Gasteiger partial charge in [-0.25, -0.2) is 9.97 Å². The molecule has 8 nitrogen and oxygen atoms in total. The second kappa shape index (κ2) is 9.07. The average Bonchev–Trinajstić information content (AvgIpc) is 3.16. The molecule has 2 saturated heterocycles. The third-order valence-corrected chi connectivity index (χ3v) is 4.82. The summed E-state index contributed by atoms with van der Waals surface area (Å²) in [5, 5.41) is 2.98. The number of nitrogens with one attached hydrogen (secondary N) is 1. The van der Waals surface area contributed by atoms with Crippen LogP contribution in [0.4, 0.5) is 5.95 Å². The monoisotopic (exact) mass is 348 g/mol. The summed E-state index contributed by atoms with van der Waals surface area (Å²) in [5.74, 6) is 0.809. The molecule has 1 amide bonds. The van der Waals surface area contributed by atoms with Gasteiger partial charge in [0.05, 0.1) is 6.10 Å². The normalized spacial score (nSPS) is 24.4. The number of nitrogens with two attached hydrogens (primary N) is 1. The molecule has 3 N–H and O–H groups in total. The van der Waals surface area contributed by atoms with Crippen LogP contribution in [0.1, 0.15) is 19.3 Å². The number of carbonyl (C=O) groups is 1. The smallest absolute Gasteiger partial charge is 0.249 e. The third kappa shape index (κ3) is 5.10. The minimum atomic E-state index is -0.317. The van der Waals surface area contributed by atoms with Crippen LogP contribution in [0.5, 0.6) is 0 Å². The average molecular weight is 348 g/mol. The number of carbonyl (C=O) groups excluding carboxylic acids is 1. The molecule has 0 aliphatic carbocycles. The Balaban J connectivity index is 1.28. The van der Waals surface area contributed by atoms with Crippen LogP contribution in [-0.2, 0) is 9.53 Å². The zero-order valence-electron chi connectivity index (χ0n) is 14.6. The minimum Gasteiger partial charge on any atom is -0.364 e. The first-order valence-corrected chi connectivity index (χ1v) is 9.14. The molecule has 0 radical (unpaired) electrons. The van der Waals surface area contributed by atoms with Gasteiger partial charge in [-0.15, -0.1) is 0 Å². The van der Waals surface area contributed by atoms with Gasteiger partial charge in [0.15, 0.2) is 0 Å². The fourth-order valence-corrected chi connectivity index (χ4v) is 3.33. The van der Waals surface area contributed by atoms with Gasteiger partial charge in [0.1, 0.15) is 6.10 Å². The van der Waals surface area contributed by atoms with E-state index in [1.54, 1.807) is 12.4 Å². The molecule has 1 aromatic rings. The van der Waals surface area contributed by atoms with Crippen molar-refractivity contribution < 1.29 is 9.53 Å². The first kappa shape index (κ1) is 18.0. The summed E-state index contributed by atoms with van der Waals surface area (Å²) in [5.41, 5.74) is 5.57. The van der Waals surface area contributed by atoms with Crippen LogP contribution in [-0.4, -0.2) is 78.8 Å². The molecule has 0 spiro atoms. The minimum absolute atomic E-state index is 0.00185. The molecular weight excluding hydrogens is 320 g/mol. The van der Waals surface area contributed by atoms with E-state index in [4.69, 9.17) is 10.5 Å². The highest BCUT2D eigenvalue weighted by Gasteiger charge is 2.29. The second-order valence-electron chi connectivity index (χ2n) is 6.58. The maximum absolute atomic E-state index is 12.0. The molecular formula is C17H28N6O2. The summed E-state index contributed by atoms with van der Waals surface area (Å²) in [6.07, 6.45) is 5.88. The van der Waals surface area contributed by atoms with E-state index in [-0.39, 0.29) is 18.1 Å². The van der Waals surface area contributed by atoms with Gasteiger partial charge in [-0.05, 0) is 31.9 Å². The molecule has 8 heteroatoms. The van der Waals surface area contributed by atoms with Gasteiger partial charge in [-0.1, -0.05) is 0 Å². The fourth-order valence-electron chi connectivity index (χ4n) is 3.33. The Kier molecular flexibility index (Phi) is 6.55. The molecule has 138 valence electrons. The van der Waals surface area contributed by atoms with Crippen LogP contribution in [0, 0.1) is 0 Å². The lowest BCUT2D eigenvalue weighted by Crippen LogP contribution is -2.47. The van der Waals surface area contributed by atoms with E-state index in [2.05, 4.69) is 25.1 Å². The molecule has 2 fully saturated rings. The summed E-state index contributed by atoms with van der Waals surface area (Å²) in [7, 11) is 0. The summed E-state index contributed by atoms with van der Waals surface area (Å²) in [6.45, 7) is 6.03. The van der Waals surface area contributed by atoms with Gasteiger partial charge in [0.25, 0.3) is 0 Å². The number of aromatic nitrogens is 2. The number of nitrogens with zero attached hydrogens (tertiary/aromatic N) is 4.